The maximum Gasteiger partial charge on any atom is 0.337 e. The highest BCUT2D eigenvalue weighted by molar-refractivity contribution is 6.08. The minimum Gasteiger partial charge on any atom is -0.405 e. The zero-order valence-corrected chi connectivity index (χ0v) is 10.4. The van der Waals surface area contributed by atoms with E-state index in [-0.39, 0.29) is 11.9 Å². The molecule has 0 N–H and O–H groups in total. The number of esters is 2. The van der Waals surface area contributed by atoms with Crippen LogP contribution in [0.2, 0.25) is 0 Å². The highest BCUT2D eigenvalue weighted by Crippen LogP contribution is 2.03. The van der Waals surface area contributed by atoms with Crippen molar-refractivity contribution in [3.8, 4) is 0 Å². The summed E-state index contributed by atoms with van der Waals surface area (Å²) in [6.07, 6.45) is 8.59. The van der Waals surface area contributed by atoms with Crippen molar-refractivity contribution in [1.29, 1.82) is 0 Å². The highest BCUT2D eigenvalue weighted by atomic mass is 16.5. The molecule has 0 bridgehead atoms. The van der Waals surface area contributed by atoms with Crippen molar-refractivity contribution >= 4 is 23.7 Å². The maximum absolute atomic E-state index is 10.7. The number of unbranched alkanes of at least 4 members (excludes halogenated alkanes) is 2. The Labute approximate surface area is 110 Å². The van der Waals surface area contributed by atoms with Gasteiger partial charge < -0.3 is 9.47 Å². The van der Waals surface area contributed by atoms with E-state index in [0.29, 0.717) is 24.9 Å². The molecule has 6 nitrogen and oxygen atoms in total. The smallest absolute Gasteiger partial charge is 0.337 e. The van der Waals surface area contributed by atoms with Crippen LogP contribution in [-0.2, 0) is 19.1 Å². The van der Waals surface area contributed by atoms with Crippen LogP contribution in [0.5, 0.6) is 0 Å². The van der Waals surface area contributed by atoms with Gasteiger partial charge in [0.25, 0.3) is 0 Å². The largest absolute Gasteiger partial charge is 0.405 e. The molecular weight excluding hydrogens is 248 g/mol. The van der Waals surface area contributed by atoms with E-state index >= 15 is 0 Å². The van der Waals surface area contributed by atoms with Gasteiger partial charge in [0.15, 0.2) is 0 Å². The number of carbonyl (C=O) groups is 2. The molecule has 2 aliphatic heterocycles. The van der Waals surface area contributed by atoms with Gasteiger partial charge in [0.2, 0.25) is 11.8 Å². The fourth-order valence-electron chi connectivity index (χ4n) is 1.57. The molecule has 0 aromatic carbocycles. The van der Waals surface area contributed by atoms with E-state index in [9.17, 15) is 9.59 Å². The van der Waals surface area contributed by atoms with Crippen LogP contribution in [0.1, 0.15) is 19.3 Å². The van der Waals surface area contributed by atoms with Crippen LogP contribution in [0.25, 0.3) is 0 Å². The van der Waals surface area contributed by atoms with Crippen LogP contribution in [0, 0.1) is 0 Å². The third-order valence-corrected chi connectivity index (χ3v) is 2.49. The van der Waals surface area contributed by atoms with E-state index < -0.39 is 0 Å². The van der Waals surface area contributed by atoms with Gasteiger partial charge in [-0.2, -0.15) is 0 Å². The first kappa shape index (κ1) is 13.2. The number of carbonyl (C=O) groups excluding carboxylic acids is 2. The standard InChI is InChI=1S/C13H14N2O4/c16-12-6-4-10(18-12)14-8-2-1-3-9-15-11-5-7-13(17)19-11/h4-7H,1-3,8-9H2. The molecule has 2 aliphatic rings. The molecule has 100 valence electrons. The van der Waals surface area contributed by atoms with Crippen LogP contribution < -0.4 is 0 Å². The van der Waals surface area contributed by atoms with Gasteiger partial charge in [-0.15, -0.1) is 0 Å². The van der Waals surface area contributed by atoms with Crippen molar-refractivity contribution in [1.82, 2.24) is 0 Å². The lowest BCUT2D eigenvalue weighted by Gasteiger charge is -1.98. The second kappa shape index (κ2) is 6.63. The fraction of sp³-hybridized carbons (Fsp3) is 0.385. The van der Waals surface area contributed by atoms with Crippen LogP contribution in [0.4, 0.5) is 0 Å². The van der Waals surface area contributed by atoms with Gasteiger partial charge in [0.05, 0.1) is 0 Å². The summed E-state index contributed by atoms with van der Waals surface area (Å²) in [6.45, 7) is 1.25. The second-order valence-corrected chi connectivity index (χ2v) is 4.01. The Balaban J connectivity index is 1.53. The summed E-state index contributed by atoms with van der Waals surface area (Å²) < 4.78 is 9.58. The van der Waals surface area contributed by atoms with Crippen molar-refractivity contribution in [2.24, 2.45) is 9.98 Å². The summed E-state index contributed by atoms with van der Waals surface area (Å²) in [7, 11) is 0. The molecule has 0 unspecified atom stereocenters. The van der Waals surface area contributed by atoms with E-state index in [1.807, 2.05) is 0 Å². The Hall–Kier alpha value is -2.24. The van der Waals surface area contributed by atoms with Gasteiger partial charge in [-0.05, 0) is 19.3 Å². The van der Waals surface area contributed by atoms with Crippen molar-refractivity contribution < 1.29 is 19.1 Å². The first-order valence-corrected chi connectivity index (χ1v) is 6.13. The van der Waals surface area contributed by atoms with Crippen LogP contribution >= 0.6 is 0 Å². The third-order valence-electron chi connectivity index (χ3n) is 2.49. The van der Waals surface area contributed by atoms with Gasteiger partial charge in [0, 0.05) is 37.4 Å². The number of aliphatic imine (C=N–C) groups is 2. The molecule has 6 heteroatoms. The number of cyclic esters (lactones) is 2. The summed E-state index contributed by atoms with van der Waals surface area (Å²) in [5, 5.41) is 0. The lowest BCUT2D eigenvalue weighted by Crippen LogP contribution is -2.01. The molecule has 0 atom stereocenters. The van der Waals surface area contributed by atoms with E-state index in [0.717, 1.165) is 19.3 Å². The molecule has 0 saturated carbocycles. The van der Waals surface area contributed by atoms with Gasteiger partial charge in [-0.3, -0.25) is 9.98 Å². The lowest BCUT2D eigenvalue weighted by atomic mass is 10.2. The predicted molar refractivity (Wildman–Crippen MR) is 68.9 cm³/mol. The van der Waals surface area contributed by atoms with Crippen LogP contribution in [0.15, 0.2) is 34.3 Å². The molecule has 0 aromatic rings. The molecule has 0 spiro atoms. The molecule has 0 radical (unpaired) electrons. The highest BCUT2D eigenvalue weighted by Gasteiger charge is 2.10. The molecule has 2 rings (SSSR count). The van der Waals surface area contributed by atoms with Gasteiger partial charge in [-0.25, -0.2) is 9.59 Å². The number of nitrogens with zero attached hydrogens (tertiary/aromatic N) is 2. The SMILES string of the molecule is O=C1C=CC(=NCCCCCN=C2C=CC(=O)O2)O1. The van der Waals surface area contributed by atoms with Crippen LogP contribution in [-0.4, -0.2) is 36.8 Å². The summed E-state index contributed by atoms with van der Waals surface area (Å²) in [6, 6.07) is 0. The quantitative estimate of drug-likeness (QED) is 0.532. The fourth-order valence-corrected chi connectivity index (χ4v) is 1.57. The average Bonchev–Trinajstić information content (AvgIpc) is 2.97. The molecule has 0 fully saturated rings. The van der Waals surface area contributed by atoms with Gasteiger partial charge >= 0.3 is 11.9 Å². The van der Waals surface area contributed by atoms with Crippen molar-refractivity contribution in [3.05, 3.63) is 24.3 Å². The number of hydrogen-bond acceptors (Lipinski definition) is 6. The Bertz CT molecular complexity index is 445. The van der Waals surface area contributed by atoms with Gasteiger partial charge in [-0.1, -0.05) is 0 Å². The second-order valence-electron chi connectivity index (χ2n) is 4.01. The Morgan fingerprint density at radius 2 is 1.21 bits per heavy atom. The number of ether oxygens (including phenoxy) is 2. The first-order valence-electron chi connectivity index (χ1n) is 6.13. The topological polar surface area (TPSA) is 77.3 Å². The molecule has 0 amide bonds. The van der Waals surface area contributed by atoms with E-state index in [1.54, 1.807) is 12.2 Å². The summed E-state index contributed by atoms with van der Waals surface area (Å²) in [5.41, 5.74) is 0. The molecule has 19 heavy (non-hydrogen) atoms. The predicted octanol–water partition coefficient (Wildman–Crippen LogP) is 1.18. The van der Waals surface area contributed by atoms with Crippen LogP contribution in [0.3, 0.4) is 0 Å². The zero-order chi connectivity index (χ0) is 13.5. The molecule has 0 aliphatic carbocycles. The Kier molecular flexibility index (Phi) is 4.60. The molecule has 0 saturated heterocycles. The Morgan fingerprint density at radius 1 is 0.737 bits per heavy atom. The minimum atomic E-state index is -0.367. The number of rotatable bonds is 6. The lowest BCUT2D eigenvalue weighted by molar-refractivity contribution is -0.130. The summed E-state index contributed by atoms with van der Waals surface area (Å²) in [4.78, 5) is 29.7. The van der Waals surface area contributed by atoms with Crippen molar-refractivity contribution in [3.63, 3.8) is 0 Å². The molecule has 2 heterocycles. The average molecular weight is 262 g/mol. The first-order chi connectivity index (χ1) is 9.24. The monoisotopic (exact) mass is 262 g/mol. The van der Waals surface area contributed by atoms with E-state index in [4.69, 9.17) is 9.47 Å². The maximum atomic E-state index is 10.7. The normalized spacial score (nSPS) is 21.5. The summed E-state index contributed by atoms with van der Waals surface area (Å²) >= 11 is 0. The van der Waals surface area contributed by atoms with Crippen molar-refractivity contribution in [2.45, 2.75) is 19.3 Å². The minimum absolute atomic E-state index is 0.367. The number of hydrogen-bond donors (Lipinski definition) is 0. The van der Waals surface area contributed by atoms with Crippen molar-refractivity contribution in [2.75, 3.05) is 13.1 Å². The zero-order valence-electron chi connectivity index (χ0n) is 10.4. The molecule has 0 aromatic heterocycles. The molecular formula is C13H14N2O4. The van der Waals surface area contributed by atoms with Gasteiger partial charge in [0.1, 0.15) is 0 Å². The van der Waals surface area contributed by atoms with E-state index in [2.05, 4.69) is 9.98 Å². The Morgan fingerprint density at radius 3 is 1.58 bits per heavy atom. The summed E-state index contributed by atoms with van der Waals surface area (Å²) in [5.74, 6) is 0.0315. The third kappa shape index (κ3) is 4.50. The van der Waals surface area contributed by atoms with E-state index in [1.165, 1.54) is 12.2 Å².